The standard InChI is InChI=1S/C28H48O4Si/c1-19(29)32-23-16-20-25(5,6)11-10-12-26(20,7)21-15-22(30)27(13-14-28(21,23)17-27)18-31-33(8,9)24(2,3)4/h13-14,20-23,30H,10-12,15-18H2,1-9H3/t20?,21?,22-,23+,26-,27-,28-/m1/s1. The molecule has 4 aliphatic carbocycles. The van der Waals surface area contributed by atoms with Gasteiger partial charge in [-0.05, 0) is 72.9 Å². The SMILES string of the molecule is CC(=O)O[C@H]1CC2C(C)(C)CCC[C@@]2(C)C2C[C@@H](O)[C@]3(CO[Si](C)(C)C(C)(C)C)C=C[C@@]21C3. The van der Waals surface area contributed by atoms with Crippen LogP contribution in [0.5, 0.6) is 0 Å². The molecule has 0 saturated heterocycles. The summed E-state index contributed by atoms with van der Waals surface area (Å²) in [5.74, 6) is 0.637. The highest BCUT2D eigenvalue weighted by molar-refractivity contribution is 6.74. The Balaban J connectivity index is 1.70. The van der Waals surface area contributed by atoms with Gasteiger partial charge in [0, 0.05) is 24.4 Å². The van der Waals surface area contributed by atoms with Crippen molar-refractivity contribution >= 4 is 14.3 Å². The number of carbonyl (C=O) groups excluding carboxylic acids is 1. The molecule has 2 unspecified atom stereocenters. The van der Waals surface area contributed by atoms with Crippen LogP contribution in [0.4, 0.5) is 0 Å². The predicted molar refractivity (Wildman–Crippen MR) is 135 cm³/mol. The number of hydrogen-bond donors (Lipinski definition) is 1. The Hall–Kier alpha value is -0.653. The minimum atomic E-state index is -1.94. The summed E-state index contributed by atoms with van der Waals surface area (Å²) in [7, 11) is -1.94. The fourth-order valence-corrected chi connectivity index (χ4v) is 9.24. The molecule has 0 aromatic heterocycles. The van der Waals surface area contributed by atoms with Crippen molar-refractivity contribution < 1.29 is 19.1 Å². The van der Waals surface area contributed by atoms with Crippen molar-refractivity contribution in [2.45, 2.75) is 117 Å². The summed E-state index contributed by atoms with van der Waals surface area (Å²) in [5, 5.41) is 11.8. The first-order valence-corrected chi connectivity index (χ1v) is 16.1. The van der Waals surface area contributed by atoms with E-state index in [1.54, 1.807) is 6.92 Å². The molecule has 188 valence electrons. The molecule has 0 radical (unpaired) electrons. The van der Waals surface area contributed by atoms with Crippen LogP contribution in [0.3, 0.4) is 0 Å². The summed E-state index contributed by atoms with van der Waals surface area (Å²) in [6.07, 6.45) is 10.3. The van der Waals surface area contributed by atoms with E-state index in [-0.39, 0.29) is 38.8 Å². The molecule has 0 aliphatic heterocycles. The highest BCUT2D eigenvalue weighted by Gasteiger charge is 2.69. The van der Waals surface area contributed by atoms with Crippen molar-refractivity contribution in [2.75, 3.05) is 6.61 Å². The van der Waals surface area contributed by atoms with Crippen LogP contribution in [-0.4, -0.2) is 38.2 Å². The molecule has 0 amide bonds. The fourth-order valence-electron chi connectivity index (χ4n) is 8.17. The van der Waals surface area contributed by atoms with Crippen LogP contribution in [-0.2, 0) is 14.0 Å². The van der Waals surface area contributed by atoms with E-state index in [1.165, 1.54) is 19.3 Å². The number of esters is 1. The Morgan fingerprint density at radius 2 is 1.76 bits per heavy atom. The molecule has 4 rings (SSSR count). The zero-order chi connectivity index (χ0) is 24.7. The zero-order valence-corrected chi connectivity index (χ0v) is 23.6. The van der Waals surface area contributed by atoms with Gasteiger partial charge in [-0.3, -0.25) is 4.79 Å². The average Bonchev–Trinajstić information content (AvgIpc) is 3.00. The van der Waals surface area contributed by atoms with E-state index in [9.17, 15) is 9.90 Å². The summed E-state index contributed by atoms with van der Waals surface area (Å²) < 4.78 is 12.8. The zero-order valence-electron chi connectivity index (χ0n) is 22.6. The van der Waals surface area contributed by atoms with Gasteiger partial charge in [0.2, 0.25) is 0 Å². The number of rotatable bonds is 4. The molecular weight excluding hydrogens is 428 g/mol. The highest BCUT2D eigenvalue weighted by Crippen LogP contribution is 2.72. The van der Waals surface area contributed by atoms with Gasteiger partial charge < -0.3 is 14.3 Å². The Morgan fingerprint density at radius 1 is 1.09 bits per heavy atom. The second-order valence-electron chi connectivity index (χ2n) is 14.4. The lowest BCUT2D eigenvalue weighted by molar-refractivity contribution is -0.222. The van der Waals surface area contributed by atoms with Crippen LogP contribution in [0, 0.1) is 33.5 Å². The molecular formula is C28H48O4Si. The number of aliphatic hydroxyl groups is 1. The van der Waals surface area contributed by atoms with Gasteiger partial charge >= 0.3 is 5.97 Å². The molecule has 1 spiro atoms. The van der Waals surface area contributed by atoms with Crippen LogP contribution in [0.1, 0.15) is 87.0 Å². The molecule has 4 aliphatic rings. The maximum atomic E-state index is 12.3. The van der Waals surface area contributed by atoms with E-state index in [0.29, 0.717) is 18.4 Å². The molecule has 0 aromatic rings. The van der Waals surface area contributed by atoms with Crippen molar-refractivity contribution in [3.63, 3.8) is 0 Å². The Bertz CT molecular complexity index is 826. The first-order chi connectivity index (χ1) is 15.0. The van der Waals surface area contributed by atoms with Crippen molar-refractivity contribution in [1.29, 1.82) is 0 Å². The van der Waals surface area contributed by atoms with Crippen molar-refractivity contribution in [2.24, 2.45) is 33.5 Å². The maximum absolute atomic E-state index is 12.3. The average molecular weight is 477 g/mol. The number of aliphatic hydroxyl groups excluding tert-OH is 1. The van der Waals surface area contributed by atoms with E-state index >= 15 is 0 Å². The van der Waals surface area contributed by atoms with E-state index in [2.05, 4.69) is 66.8 Å². The minimum absolute atomic E-state index is 0.117. The van der Waals surface area contributed by atoms with Gasteiger partial charge in [-0.1, -0.05) is 60.1 Å². The maximum Gasteiger partial charge on any atom is 0.302 e. The Kier molecular flexibility index (Phi) is 5.91. The molecule has 3 fully saturated rings. The van der Waals surface area contributed by atoms with Gasteiger partial charge in [0.1, 0.15) is 6.10 Å². The third-order valence-corrected chi connectivity index (χ3v) is 15.5. The molecule has 33 heavy (non-hydrogen) atoms. The van der Waals surface area contributed by atoms with Crippen molar-refractivity contribution in [3.05, 3.63) is 12.2 Å². The number of fused-ring (bicyclic) bond motifs is 3. The van der Waals surface area contributed by atoms with Crippen LogP contribution in [0.2, 0.25) is 18.1 Å². The van der Waals surface area contributed by atoms with Crippen molar-refractivity contribution in [1.82, 2.24) is 0 Å². The third-order valence-electron chi connectivity index (χ3n) is 11.1. The lowest BCUT2D eigenvalue weighted by Gasteiger charge is -2.66. The Morgan fingerprint density at radius 3 is 2.36 bits per heavy atom. The monoisotopic (exact) mass is 476 g/mol. The minimum Gasteiger partial charge on any atom is -0.462 e. The largest absolute Gasteiger partial charge is 0.462 e. The topological polar surface area (TPSA) is 55.8 Å². The summed E-state index contributed by atoms with van der Waals surface area (Å²) in [6.45, 7) is 20.8. The van der Waals surface area contributed by atoms with Crippen LogP contribution in [0.15, 0.2) is 12.2 Å². The van der Waals surface area contributed by atoms with Gasteiger partial charge in [-0.2, -0.15) is 0 Å². The second kappa shape index (κ2) is 7.67. The van der Waals surface area contributed by atoms with E-state index in [1.807, 2.05) is 0 Å². The molecule has 0 aromatic carbocycles. The second-order valence-corrected chi connectivity index (χ2v) is 19.3. The van der Waals surface area contributed by atoms with Gasteiger partial charge in [-0.15, -0.1) is 0 Å². The molecule has 3 saturated carbocycles. The van der Waals surface area contributed by atoms with E-state index in [0.717, 1.165) is 19.3 Å². The van der Waals surface area contributed by atoms with Gasteiger partial charge in [-0.25, -0.2) is 0 Å². The molecule has 2 bridgehead atoms. The first-order valence-electron chi connectivity index (χ1n) is 13.2. The van der Waals surface area contributed by atoms with Gasteiger partial charge in [0.25, 0.3) is 0 Å². The lowest BCUT2D eigenvalue weighted by Crippen LogP contribution is -2.64. The van der Waals surface area contributed by atoms with Gasteiger partial charge in [0.05, 0.1) is 6.10 Å². The van der Waals surface area contributed by atoms with E-state index in [4.69, 9.17) is 9.16 Å². The molecule has 4 nitrogen and oxygen atoms in total. The number of carbonyl (C=O) groups is 1. The first kappa shape index (κ1) is 25.4. The summed E-state index contributed by atoms with van der Waals surface area (Å²) in [5.41, 5.74) is -0.196. The number of hydrogen-bond acceptors (Lipinski definition) is 4. The molecule has 1 N–H and O–H groups in total. The molecule has 5 heteroatoms. The quantitative estimate of drug-likeness (QED) is 0.286. The molecule has 7 atom stereocenters. The predicted octanol–water partition coefficient (Wildman–Crippen LogP) is 6.49. The molecule has 0 heterocycles. The smallest absolute Gasteiger partial charge is 0.302 e. The van der Waals surface area contributed by atoms with Crippen LogP contribution >= 0.6 is 0 Å². The summed E-state index contributed by atoms with van der Waals surface area (Å²) >= 11 is 0. The number of ether oxygens (including phenoxy) is 1. The third kappa shape index (κ3) is 3.79. The van der Waals surface area contributed by atoms with Gasteiger partial charge in [0.15, 0.2) is 8.32 Å². The Labute approximate surface area is 203 Å². The van der Waals surface area contributed by atoms with Crippen LogP contribution < -0.4 is 0 Å². The highest BCUT2D eigenvalue weighted by atomic mass is 28.4. The fraction of sp³-hybridized carbons (Fsp3) is 0.893. The van der Waals surface area contributed by atoms with Crippen molar-refractivity contribution in [3.8, 4) is 0 Å². The van der Waals surface area contributed by atoms with Crippen LogP contribution in [0.25, 0.3) is 0 Å². The lowest BCUT2D eigenvalue weighted by atomic mass is 9.39. The normalized spacial score (nSPS) is 44.2. The van der Waals surface area contributed by atoms with E-state index < -0.39 is 14.4 Å². The summed E-state index contributed by atoms with van der Waals surface area (Å²) in [4.78, 5) is 12.3. The summed E-state index contributed by atoms with van der Waals surface area (Å²) in [6, 6.07) is 0.